The van der Waals surface area contributed by atoms with Crippen LogP contribution in [0.5, 0.6) is 0 Å². The van der Waals surface area contributed by atoms with Gasteiger partial charge in [-0.1, -0.05) is 0 Å². The van der Waals surface area contributed by atoms with Crippen LogP contribution in [-0.2, 0) is 19.2 Å². The van der Waals surface area contributed by atoms with Crippen LogP contribution in [0.15, 0.2) is 0 Å². The number of nitrogens with one attached hydrogen (secondary N) is 2. The molecule has 0 rings (SSSR count). The number of amides is 2. The van der Waals surface area contributed by atoms with Gasteiger partial charge in [-0.3, -0.25) is 14.4 Å². The van der Waals surface area contributed by atoms with Gasteiger partial charge in [0.1, 0.15) is 12.1 Å². The van der Waals surface area contributed by atoms with Crippen LogP contribution in [0.25, 0.3) is 0 Å². The van der Waals surface area contributed by atoms with Gasteiger partial charge in [0, 0.05) is 6.92 Å². The number of aliphatic carboxylic acids is 2. The maximum atomic E-state index is 11.4. The molecule has 0 radical (unpaired) electrons. The van der Waals surface area contributed by atoms with E-state index in [1.807, 2.05) is 5.32 Å². The summed E-state index contributed by atoms with van der Waals surface area (Å²) in [5.74, 6) is -3.99. The van der Waals surface area contributed by atoms with Crippen LogP contribution in [0.4, 0.5) is 0 Å². The SMILES string of the molecule is CC(=O)N[C@@H](C)C(=O)N[C@@H](CC(=O)O)C(=O)O. The zero-order valence-electron chi connectivity index (χ0n) is 9.39. The molecule has 0 heterocycles. The lowest BCUT2D eigenvalue weighted by molar-refractivity contribution is -0.147. The fourth-order valence-electron chi connectivity index (χ4n) is 1.04. The molecule has 0 aliphatic carbocycles. The van der Waals surface area contributed by atoms with Crippen LogP contribution in [0.1, 0.15) is 20.3 Å². The molecule has 2 amide bonds. The van der Waals surface area contributed by atoms with Gasteiger partial charge in [-0.25, -0.2) is 4.79 Å². The summed E-state index contributed by atoms with van der Waals surface area (Å²) in [6.07, 6.45) is -0.728. The zero-order valence-corrected chi connectivity index (χ0v) is 9.39. The number of hydrogen-bond acceptors (Lipinski definition) is 4. The maximum absolute atomic E-state index is 11.4. The number of rotatable bonds is 6. The summed E-state index contributed by atoms with van der Waals surface area (Å²) < 4.78 is 0. The van der Waals surface area contributed by atoms with E-state index in [-0.39, 0.29) is 0 Å². The minimum atomic E-state index is -1.52. The standard InChI is InChI=1S/C9H14N2O6/c1-4(10-5(2)12)8(15)11-6(9(16)17)3-7(13)14/h4,6H,3H2,1-2H3,(H,10,12)(H,11,15)(H,13,14)(H,16,17)/t4-,6-/m0/s1. The molecule has 0 unspecified atom stereocenters. The maximum Gasteiger partial charge on any atom is 0.326 e. The molecule has 4 N–H and O–H groups in total. The van der Waals surface area contributed by atoms with Crippen molar-refractivity contribution in [3.8, 4) is 0 Å². The second-order valence-electron chi connectivity index (χ2n) is 3.42. The average Bonchev–Trinajstić information content (AvgIpc) is 2.14. The van der Waals surface area contributed by atoms with Crippen LogP contribution >= 0.6 is 0 Å². The second kappa shape index (κ2) is 6.46. The normalized spacial score (nSPS) is 13.3. The number of carboxylic acids is 2. The number of hydrogen-bond donors (Lipinski definition) is 4. The summed E-state index contributed by atoms with van der Waals surface area (Å²) in [5, 5.41) is 21.4. The van der Waals surface area contributed by atoms with Crippen molar-refractivity contribution in [2.75, 3.05) is 0 Å². The molecule has 17 heavy (non-hydrogen) atoms. The van der Waals surface area contributed by atoms with Crippen molar-refractivity contribution in [3.05, 3.63) is 0 Å². The van der Waals surface area contributed by atoms with Crippen LogP contribution < -0.4 is 10.6 Å². The third-order valence-electron chi connectivity index (χ3n) is 1.81. The summed E-state index contributed by atoms with van der Waals surface area (Å²) in [6, 6.07) is -2.45. The highest BCUT2D eigenvalue weighted by Crippen LogP contribution is 1.94. The van der Waals surface area contributed by atoms with Gasteiger partial charge >= 0.3 is 11.9 Å². The molecule has 0 fully saturated rings. The molecule has 0 aromatic heterocycles. The highest BCUT2D eigenvalue weighted by molar-refractivity contribution is 5.91. The van der Waals surface area contributed by atoms with E-state index in [9.17, 15) is 19.2 Å². The highest BCUT2D eigenvalue weighted by atomic mass is 16.4. The molecule has 8 nitrogen and oxygen atoms in total. The Labute approximate surface area is 97.0 Å². The first-order valence-corrected chi connectivity index (χ1v) is 4.76. The summed E-state index contributed by atoms with van der Waals surface area (Å²) in [7, 11) is 0. The molecule has 2 atom stereocenters. The van der Waals surface area contributed by atoms with Gasteiger partial charge in [0.15, 0.2) is 0 Å². The average molecular weight is 246 g/mol. The van der Waals surface area contributed by atoms with E-state index in [2.05, 4.69) is 5.32 Å². The molecule has 0 aliphatic heterocycles. The third kappa shape index (κ3) is 6.13. The highest BCUT2D eigenvalue weighted by Gasteiger charge is 2.25. The Morgan fingerprint density at radius 3 is 2.00 bits per heavy atom. The van der Waals surface area contributed by atoms with Crippen LogP contribution in [-0.4, -0.2) is 46.0 Å². The Bertz CT molecular complexity index is 340. The lowest BCUT2D eigenvalue weighted by Crippen LogP contribution is -2.50. The van der Waals surface area contributed by atoms with Crippen LogP contribution in [0, 0.1) is 0 Å². The third-order valence-corrected chi connectivity index (χ3v) is 1.81. The van der Waals surface area contributed by atoms with Crippen molar-refractivity contribution in [1.29, 1.82) is 0 Å². The van der Waals surface area contributed by atoms with E-state index in [0.29, 0.717) is 0 Å². The monoisotopic (exact) mass is 246 g/mol. The van der Waals surface area contributed by atoms with E-state index in [4.69, 9.17) is 10.2 Å². The fraction of sp³-hybridized carbons (Fsp3) is 0.556. The van der Waals surface area contributed by atoms with Gasteiger partial charge in [0.25, 0.3) is 0 Å². The van der Waals surface area contributed by atoms with Gasteiger partial charge in [-0.05, 0) is 6.92 Å². The van der Waals surface area contributed by atoms with E-state index >= 15 is 0 Å². The Morgan fingerprint density at radius 1 is 1.12 bits per heavy atom. The molecule has 96 valence electrons. The van der Waals surface area contributed by atoms with Crippen molar-refractivity contribution in [3.63, 3.8) is 0 Å². The summed E-state index contributed by atoms with van der Waals surface area (Å²) in [6.45, 7) is 2.56. The fourth-order valence-corrected chi connectivity index (χ4v) is 1.04. The Kier molecular flexibility index (Phi) is 5.65. The minimum Gasteiger partial charge on any atom is -0.481 e. The number of carboxylic acid groups (broad SMARTS) is 2. The predicted octanol–water partition coefficient (Wildman–Crippen LogP) is -1.44. The molecule has 0 spiro atoms. The van der Waals surface area contributed by atoms with Gasteiger partial charge < -0.3 is 20.8 Å². The molecular weight excluding hydrogens is 232 g/mol. The van der Waals surface area contributed by atoms with Crippen molar-refractivity contribution < 1.29 is 29.4 Å². The lowest BCUT2D eigenvalue weighted by atomic mass is 10.2. The van der Waals surface area contributed by atoms with Crippen molar-refractivity contribution in [2.24, 2.45) is 0 Å². The first-order chi connectivity index (χ1) is 7.73. The Morgan fingerprint density at radius 2 is 1.65 bits per heavy atom. The van der Waals surface area contributed by atoms with E-state index in [1.54, 1.807) is 0 Å². The summed E-state index contributed by atoms with van der Waals surface area (Å²) in [5.41, 5.74) is 0. The number of carbonyl (C=O) groups is 4. The number of carbonyl (C=O) groups excluding carboxylic acids is 2. The molecule has 0 bridgehead atoms. The first-order valence-electron chi connectivity index (χ1n) is 4.76. The molecule has 0 aliphatic rings. The largest absolute Gasteiger partial charge is 0.481 e. The predicted molar refractivity (Wildman–Crippen MR) is 55.1 cm³/mol. The van der Waals surface area contributed by atoms with E-state index < -0.39 is 42.3 Å². The minimum absolute atomic E-state index is 0.447. The van der Waals surface area contributed by atoms with Gasteiger partial charge in [-0.2, -0.15) is 0 Å². The second-order valence-corrected chi connectivity index (χ2v) is 3.42. The van der Waals surface area contributed by atoms with Gasteiger partial charge in [0.2, 0.25) is 11.8 Å². The van der Waals surface area contributed by atoms with E-state index in [0.717, 1.165) is 0 Å². The van der Waals surface area contributed by atoms with E-state index in [1.165, 1.54) is 13.8 Å². The molecule has 0 aromatic carbocycles. The molecule has 0 aromatic rings. The zero-order chi connectivity index (χ0) is 13.6. The van der Waals surface area contributed by atoms with Crippen LogP contribution in [0.2, 0.25) is 0 Å². The van der Waals surface area contributed by atoms with Crippen molar-refractivity contribution in [2.45, 2.75) is 32.4 Å². The van der Waals surface area contributed by atoms with Gasteiger partial charge in [-0.15, -0.1) is 0 Å². The molecule has 0 saturated carbocycles. The molecule has 0 saturated heterocycles. The lowest BCUT2D eigenvalue weighted by Gasteiger charge is -2.16. The van der Waals surface area contributed by atoms with Crippen LogP contribution in [0.3, 0.4) is 0 Å². The smallest absolute Gasteiger partial charge is 0.326 e. The van der Waals surface area contributed by atoms with Crippen molar-refractivity contribution in [1.82, 2.24) is 10.6 Å². The summed E-state index contributed by atoms with van der Waals surface area (Å²) in [4.78, 5) is 43.1. The molecular formula is C9H14N2O6. The summed E-state index contributed by atoms with van der Waals surface area (Å²) >= 11 is 0. The Hall–Kier alpha value is -2.12. The topological polar surface area (TPSA) is 133 Å². The van der Waals surface area contributed by atoms with Gasteiger partial charge in [0.05, 0.1) is 6.42 Å². The Balaban J connectivity index is 4.44. The quantitative estimate of drug-likeness (QED) is 0.453. The molecule has 8 heteroatoms. The van der Waals surface area contributed by atoms with Crippen molar-refractivity contribution >= 4 is 23.8 Å². The first kappa shape index (κ1) is 14.9.